The molecule has 10 heavy (non-hydrogen) atoms. The van der Waals surface area contributed by atoms with E-state index in [1.54, 1.807) is 0 Å². The first kappa shape index (κ1) is 8.34. The van der Waals surface area contributed by atoms with Gasteiger partial charge in [0.05, 0.1) is 0 Å². The summed E-state index contributed by atoms with van der Waals surface area (Å²) in [6.45, 7) is 0.200. The molecule has 1 aliphatic rings. The van der Waals surface area contributed by atoms with Crippen LogP contribution in [0.5, 0.6) is 0 Å². The lowest BCUT2D eigenvalue weighted by atomic mass is 10.00. The van der Waals surface area contributed by atoms with Gasteiger partial charge in [-0.25, -0.2) is 4.39 Å². The Labute approximate surface area is 65.6 Å². The van der Waals surface area contributed by atoms with E-state index in [2.05, 4.69) is 0 Å². The van der Waals surface area contributed by atoms with Crippen LogP contribution >= 0.6 is 11.8 Å². The van der Waals surface area contributed by atoms with E-state index in [1.165, 1.54) is 5.75 Å². The van der Waals surface area contributed by atoms with Crippen molar-refractivity contribution in [3.63, 3.8) is 0 Å². The zero-order valence-electron chi connectivity index (χ0n) is 6.05. The van der Waals surface area contributed by atoms with E-state index in [0.717, 1.165) is 18.6 Å². The molecule has 1 aliphatic heterocycles. The lowest BCUT2D eigenvalue weighted by molar-refractivity contribution is 0.239. The third-order valence-electron chi connectivity index (χ3n) is 1.93. The summed E-state index contributed by atoms with van der Waals surface area (Å²) in [4.78, 5) is 0. The minimum Gasteiger partial charge on any atom is -0.328 e. The minimum absolute atomic E-state index is 0.200. The highest BCUT2D eigenvalue weighted by molar-refractivity contribution is 7.99. The van der Waals surface area contributed by atoms with E-state index >= 15 is 0 Å². The van der Waals surface area contributed by atoms with Crippen molar-refractivity contribution in [3.05, 3.63) is 0 Å². The summed E-state index contributed by atoms with van der Waals surface area (Å²) in [6, 6.07) is 0. The molecule has 3 heteroatoms. The highest BCUT2D eigenvalue weighted by Gasteiger charge is 2.21. The molecule has 0 bridgehead atoms. The second-order valence-electron chi connectivity index (χ2n) is 2.73. The Bertz CT molecular complexity index is 93.6. The van der Waals surface area contributed by atoms with E-state index in [1.807, 2.05) is 11.8 Å². The minimum atomic E-state index is -0.757. The molecule has 2 atom stereocenters. The largest absolute Gasteiger partial charge is 0.328 e. The van der Waals surface area contributed by atoms with Crippen LogP contribution in [0.1, 0.15) is 12.8 Å². The van der Waals surface area contributed by atoms with Crippen LogP contribution in [0.4, 0.5) is 4.39 Å². The fourth-order valence-corrected chi connectivity index (χ4v) is 2.46. The lowest BCUT2D eigenvalue weighted by Gasteiger charge is -2.23. The molecular formula is C7H14FNS. The summed E-state index contributed by atoms with van der Waals surface area (Å²) in [7, 11) is 0. The molecule has 0 aromatic heterocycles. The Morgan fingerprint density at radius 2 is 2.50 bits per heavy atom. The van der Waals surface area contributed by atoms with Crippen molar-refractivity contribution >= 4 is 11.8 Å². The quantitative estimate of drug-likeness (QED) is 0.666. The first-order chi connectivity index (χ1) is 4.84. The van der Waals surface area contributed by atoms with Crippen LogP contribution in [0, 0.1) is 5.92 Å². The monoisotopic (exact) mass is 163 g/mol. The Hall–Kier alpha value is 0.240. The zero-order chi connectivity index (χ0) is 7.40. The Balaban J connectivity index is 2.24. The van der Waals surface area contributed by atoms with Crippen LogP contribution in [0.2, 0.25) is 0 Å². The molecule has 2 unspecified atom stereocenters. The average Bonchev–Trinajstić information content (AvgIpc) is 2.05. The van der Waals surface area contributed by atoms with E-state index in [4.69, 9.17) is 5.73 Å². The number of thioether (sulfide) groups is 1. The standard InChI is InChI=1S/C7H14FNS/c8-7(4-9)6-2-1-3-10-5-6/h6-7H,1-5,9H2. The van der Waals surface area contributed by atoms with Crippen molar-refractivity contribution in [2.75, 3.05) is 18.1 Å². The van der Waals surface area contributed by atoms with E-state index < -0.39 is 6.17 Å². The van der Waals surface area contributed by atoms with Crippen LogP contribution in [-0.4, -0.2) is 24.2 Å². The summed E-state index contributed by atoms with van der Waals surface area (Å²) in [5.41, 5.74) is 5.22. The maximum atomic E-state index is 12.9. The molecule has 0 spiro atoms. The molecule has 0 amide bonds. The summed E-state index contributed by atoms with van der Waals surface area (Å²) in [6.07, 6.45) is 1.44. The molecule has 0 aliphatic carbocycles. The molecule has 1 heterocycles. The van der Waals surface area contributed by atoms with Gasteiger partial charge in [0.15, 0.2) is 0 Å². The SMILES string of the molecule is NCC(F)C1CCCSC1. The summed E-state index contributed by atoms with van der Waals surface area (Å²) < 4.78 is 12.9. The second-order valence-corrected chi connectivity index (χ2v) is 3.88. The van der Waals surface area contributed by atoms with Crippen LogP contribution in [-0.2, 0) is 0 Å². The Morgan fingerprint density at radius 1 is 1.70 bits per heavy atom. The number of hydrogen-bond donors (Lipinski definition) is 1. The second kappa shape index (κ2) is 4.19. The Morgan fingerprint density at radius 3 is 3.00 bits per heavy atom. The first-order valence-corrected chi connectivity index (χ1v) is 4.92. The molecule has 2 N–H and O–H groups in total. The van der Waals surface area contributed by atoms with E-state index in [-0.39, 0.29) is 12.5 Å². The lowest BCUT2D eigenvalue weighted by Crippen LogP contribution is -2.28. The molecule has 1 fully saturated rings. The number of halogens is 1. The molecule has 1 nitrogen and oxygen atoms in total. The molecule has 0 saturated carbocycles. The summed E-state index contributed by atoms with van der Waals surface area (Å²) in [5, 5.41) is 0. The molecule has 1 saturated heterocycles. The van der Waals surface area contributed by atoms with Gasteiger partial charge in [0.25, 0.3) is 0 Å². The molecule has 0 aromatic carbocycles. The number of rotatable bonds is 2. The van der Waals surface area contributed by atoms with Gasteiger partial charge >= 0.3 is 0 Å². The summed E-state index contributed by atoms with van der Waals surface area (Å²) >= 11 is 1.85. The highest BCUT2D eigenvalue weighted by atomic mass is 32.2. The summed E-state index contributed by atoms with van der Waals surface area (Å²) in [5.74, 6) is 2.41. The molecule has 60 valence electrons. The predicted octanol–water partition coefficient (Wildman–Crippen LogP) is 1.43. The highest BCUT2D eigenvalue weighted by Crippen LogP contribution is 2.26. The van der Waals surface area contributed by atoms with Crippen molar-refractivity contribution < 1.29 is 4.39 Å². The van der Waals surface area contributed by atoms with Crippen LogP contribution in [0.3, 0.4) is 0 Å². The first-order valence-electron chi connectivity index (χ1n) is 3.76. The van der Waals surface area contributed by atoms with Gasteiger partial charge in [0, 0.05) is 12.5 Å². The van der Waals surface area contributed by atoms with Crippen LogP contribution < -0.4 is 5.73 Å². The predicted molar refractivity (Wildman–Crippen MR) is 44.0 cm³/mol. The van der Waals surface area contributed by atoms with Crippen molar-refractivity contribution in [2.24, 2.45) is 11.7 Å². The maximum Gasteiger partial charge on any atom is 0.116 e. The molecule has 0 radical (unpaired) electrons. The Kier molecular flexibility index (Phi) is 3.49. The van der Waals surface area contributed by atoms with E-state index in [9.17, 15) is 4.39 Å². The molecular weight excluding hydrogens is 149 g/mol. The number of nitrogens with two attached hydrogens (primary N) is 1. The van der Waals surface area contributed by atoms with Crippen LogP contribution in [0.25, 0.3) is 0 Å². The normalized spacial score (nSPS) is 30.0. The van der Waals surface area contributed by atoms with Crippen molar-refractivity contribution in [1.29, 1.82) is 0 Å². The zero-order valence-corrected chi connectivity index (χ0v) is 6.87. The van der Waals surface area contributed by atoms with E-state index in [0.29, 0.717) is 0 Å². The van der Waals surface area contributed by atoms with Gasteiger partial charge in [-0.2, -0.15) is 11.8 Å². The van der Waals surface area contributed by atoms with Crippen molar-refractivity contribution in [3.8, 4) is 0 Å². The number of hydrogen-bond acceptors (Lipinski definition) is 2. The van der Waals surface area contributed by atoms with Gasteiger partial charge in [-0.3, -0.25) is 0 Å². The van der Waals surface area contributed by atoms with Gasteiger partial charge in [-0.05, 0) is 24.3 Å². The average molecular weight is 163 g/mol. The van der Waals surface area contributed by atoms with Gasteiger partial charge in [0.1, 0.15) is 6.17 Å². The smallest absolute Gasteiger partial charge is 0.116 e. The van der Waals surface area contributed by atoms with Gasteiger partial charge < -0.3 is 5.73 Å². The van der Waals surface area contributed by atoms with Crippen molar-refractivity contribution in [2.45, 2.75) is 19.0 Å². The van der Waals surface area contributed by atoms with Gasteiger partial charge in [-0.1, -0.05) is 0 Å². The maximum absolute atomic E-state index is 12.9. The molecule has 1 rings (SSSR count). The third kappa shape index (κ3) is 2.13. The van der Waals surface area contributed by atoms with Gasteiger partial charge in [0.2, 0.25) is 0 Å². The fraction of sp³-hybridized carbons (Fsp3) is 1.00. The van der Waals surface area contributed by atoms with Crippen molar-refractivity contribution in [1.82, 2.24) is 0 Å². The topological polar surface area (TPSA) is 26.0 Å². The molecule has 0 aromatic rings. The van der Waals surface area contributed by atoms with Gasteiger partial charge in [-0.15, -0.1) is 0 Å². The number of alkyl halides is 1. The fourth-order valence-electron chi connectivity index (χ4n) is 1.24. The third-order valence-corrected chi connectivity index (χ3v) is 3.17. The van der Waals surface area contributed by atoms with Crippen LogP contribution in [0.15, 0.2) is 0 Å².